The summed E-state index contributed by atoms with van der Waals surface area (Å²) < 4.78 is 6.86. The van der Waals surface area contributed by atoms with Gasteiger partial charge in [0, 0.05) is 17.9 Å². The maximum atomic E-state index is 12.0. The Morgan fingerprint density at radius 1 is 1.21 bits per heavy atom. The number of nitrogens with one attached hydrogen (secondary N) is 1. The maximum absolute atomic E-state index is 12.0. The lowest BCUT2D eigenvalue weighted by Crippen LogP contribution is -2.35. The zero-order valence-electron chi connectivity index (χ0n) is 13.7. The van der Waals surface area contributed by atoms with Crippen LogP contribution in [0.2, 0.25) is 0 Å². The summed E-state index contributed by atoms with van der Waals surface area (Å²) in [5.74, 6) is -0.737. The topological polar surface area (TPSA) is 73.2 Å². The third-order valence-corrected chi connectivity index (χ3v) is 4.23. The molecule has 1 aliphatic carbocycles. The highest BCUT2D eigenvalue weighted by Gasteiger charge is 2.18. The SMILES string of the molecule is Cc1ccnn1-c1ccc(C(=O)OCC(=O)NC2CCCC2)cc1. The first kappa shape index (κ1) is 16.2. The van der Waals surface area contributed by atoms with Crippen molar-refractivity contribution in [1.82, 2.24) is 15.1 Å². The molecule has 1 N–H and O–H groups in total. The van der Waals surface area contributed by atoms with E-state index in [0.29, 0.717) is 5.56 Å². The van der Waals surface area contributed by atoms with Crippen molar-refractivity contribution in [2.45, 2.75) is 38.6 Å². The molecule has 1 aromatic heterocycles. The number of carbonyl (C=O) groups is 2. The van der Waals surface area contributed by atoms with Crippen molar-refractivity contribution in [3.8, 4) is 5.69 Å². The molecule has 0 aliphatic heterocycles. The van der Waals surface area contributed by atoms with Gasteiger partial charge in [0.1, 0.15) is 0 Å². The van der Waals surface area contributed by atoms with Gasteiger partial charge in [-0.1, -0.05) is 12.8 Å². The number of aromatic nitrogens is 2. The van der Waals surface area contributed by atoms with Gasteiger partial charge in [0.25, 0.3) is 5.91 Å². The highest BCUT2D eigenvalue weighted by Crippen LogP contribution is 2.17. The first-order chi connectivity index (χ1) is 11.6. The summed E-state index contributed by atoms with van der Waals surface area (Å²) in [4.78, 5) is 23.8. The van der Waals surface area contributed by atoms with Crippen LogP contribution in [0.3, 0.4) is 0 Å². The fraction of sp³-hybridized carbons (Fsp3) is 0.389. The van der Waals surface area contributed by atoms with Crippen LogP contribution < -0.4 is 5.32 Å². The van der Waals surface area contributed by atoms with Crippen molar-refractivity contribution >= 4 is 11.9 Å². The van der Waals surface area contributed by atoms with Crippen molar-refractivity contribution in [3.63, 3.8) is 0 Å². The summed E-state index contributed by atoms with van der Waals surface area (Å²) in [5.41, 5.74) is 2.29. The minimum absolute atomic E-state index is 0.229. The summed E-state index contributed by atoms with van der Waals surface area (Å²) in [6.07, 6.45) is 6.03. The van der Waals surface area contributed by atoms with Crippen molar-refractivity contribution < 1.29 is 14.3 Å². The van der Waals surface area contributed by atoms with E-state index in [4.69, 9.17) is 4.74 Å². The summed E-state index contributed by atoms with van der Waals surface area (Å²) >= 11 is 0. The van der Waals surface area contributed by atoms with Gasteiger partial charge in [-0.15, -0.1) is 0 Å². The molecule has 3 rings (SSSR count). The molecule has 126 valence electrons. The zero-order valence-corrected chi connectivity index (χ0v) is 13.7. The number of benzene rings is 1. The number of carbonyl (C=O) groups excluding carboxylic acids is 2. The molecule has 6 heteroatoms. The summed E-state index contributed by atoms with van der Waals surface area (Å²) in [7, 11) is 0. The molecule has 2 aromatic rings. The lowest BCUT2D eigenvalue weighted by Gasteiger charge is -2.12. The van der Waals surface area contributed by atoms with Crippen molar-refractivity contribution in [2.24, 2.45) is 0 Å². The molecule has 0 bridgehead atoms. The van der Waals surface area contributed by atoms with E-state index in [1.54, 1.807) is 35.1 Å². The van der Waals surface area contributed by atoms with Crippen molar-refractivity contribution in [2.75, 3.05) is 6.61 Å². The molecule has 1 fully saturated rings. The third kappa shape index (κ3) is 3.82. The number of rotatable bonds is 5. The molecule has 0 spiro atoms. The zero-order chi connectivity index (χ0) is 16.9. The van der Waals surface area contributed by atoms with Gasteiger partial charge >= 0.3 is 5.97 Å². The van der Waals surface area contributed by atoms with Crippen LogP contribution in [0.4, 0.5) is 0 Å². The van der Waals surface area contributed by atoms with E-state index in [9.17, 15) is 9.59 Å². The second-order valence-electron chi connectivity index (χ2n) is 6.06. The Kier molecular flexibility index (Phi) is 4.93. The average molecular weight is 327 g/mol. The Morgan fingerprint density at radius 3 is 2.54 bits per heavy atom. The van der Waals surface area contributed by atoms with Gasteiger partial charge < -0.3 is 10.1 Å². The smallest absolute Gasteiger partial charge is 0.338 e. The Hall–Kier alpha value is -2.63. The first-order valence-electron chi connectivity index (χ1n) is 8.21. The number of nitrogens with zero attached hydrogens (tertiary/aromatic N) is 2. The number of esters is 1. The second kappa shape index (κ2) is 7.29. The van der Waals surface area contributed by atoms with Gasteiger partial charge in [-0.05, 0) is 50.1 Å². The fourth-order valence-electron chi connectivity index (χ4n) is 2.93. The fourth-order valence-corrected chi connectivity index (χ4v) is 2.93. The standard InChI is InChI=1S/C18H21N3O3/c1-13-10-11-19-21(13)16-8-6-14(7-9-16)18(23)24-12-17(22)20-15-4-2-3-5-15/h6-11,15H,2-5,12H2,1H3,(H,20,22). The quantitative estimate of drug-likeness (QED) is 0.856. The van der Waals surface area contributed by atoms with Crippen molar-refractivity contribution in [3.05, 3.63) is 47.8 Å². The Balaban J connectivity index is 1.53. The van der Waals surface area contributed by atoms with E-state index in [0.717, 1.165) is 37.1 Å². The molecule has 24 heavy (non-hydrogen) atoms. The van der Waals surface area contributed by atoms with Crippen LogP contribution in [-0.4, -0.2) is 34.3 Å². The van der Waals surface area contributed by atoms with Crippen molar-refractivity contribution in [1.29, 1.82) is 0 Å². The molecule has 1 aliphatic rings. The van der Waals surface area contributed by atoms with Crippen LogP contribution in [0.1, 0.15) is 41.7 Å². The molecule has 1 saturated carbocycles. The lowest BCUT2D eigenvalue weighted by atomic mass is 10.2. The van der Waals surface area contributed by atoms with Gasteiger partial charge in [0.05, 0.1) is 11.3 Å². The van der Waals surface area contributed by atoms with E-state index >= 15 is 0 Å². The van der Waals surface area contributed by atoms with Crippen LogP contribution in [0.15, 0.2) is 36.5 Å². The minimum Gasteiger partial charge on any atom is -0.452 e. The van der Waals surface area contributed by atoms with Crippen LogP contribution in [0, 0.1) is 6.92 Å². The van der Waals surface area contributed by atoms with Crippen LogP contribution in [-0.2, 0) is 9.53 Å². The Labute approximate surface area is 140 Å². The van der Waals surface area contributed by atoms with E-state index in [2.05, 4.69) is 10.4 Å². The monoisotopic (exact) mass is 327 g/mol. The maximum Gasteiger partial charge on any atom is 0.338 e. The molecular formula is C18H21N3O3. The highest BCUT2D eigenvalue weighted by molar-refractivity contribution is 5.91. The van der Waals surface area contributed by atoms with Gasteiger partial charge in [0.2, 0.25) is 0 Å². The molecule has 1 aromatic carbocycles. The predicted molar refractivity (Wildman–Crippen MR) is 89.0 cm³/mol. The molecule has 0 radical (unpaired) electrons. The lowest BCUT2D eigenvalue weighted by molar-refractivity contribution is -0.124. The first-order valence-corrected chi connectivity index (χ1v) is 8.21. The van der Waals surface area contributed by atoms with Crippen LogP contribution >= 0.6 is 0 Å². The van der Waals surface area contributed by atoms with Gasteiger partial charge in [-0.2, -0.15) is 5.10 Å². The van der Waals surface area contributed by atoms with Crippen LogP contribution in [0.5, 0.6) is 0 Å². The Morgan fingerprint density at radius 2 is 1.92 bits per heavy atom. The van der Waals surface area contributed by atoms with E-state index in [-0.39, 0.29) is 18.6 Å². The van der Waals surface area contributed by atoms with E-state index in [1.807, 2.05) is 13.0 Å². The van der Waals surface area contributed by atoms with Crippen LogP contribution in [0.25, 0.3) is 5.69 Å². The predicted octanol–water partition coefficient (Wildman–Crippen LogP) is 2.40. The Bertz CT molecular complexity index is 715. The largest absolute Gasteiger partial charge is 0.452 e. The highest BCUT2D eigenvalue weighted by atomic mass is 16.5. The summed E-state index contributed by atoms with van der Waals surface area (Å²) in [6, 6.07) is 9.09. The number of hydrogen-bond acceptors (Lipinski definition) is 4. The number of amides is 1. The molecule has 1 amide bonds. The molecule has 0 unspecified atom stereocenters. The van der Waals surface area contributed by atoms with Gasteiger partial charge in [0.15, 0.2) is 6.61 Å². The van der Waals surface area contributed by atoms with E-state index < -0.39 is 5.97 Å². The molecule has 6 nitrogen and oxygen atoms in total. The molecule has 1 heterocycles. The average Bonchev–Trinajstić information content (AvgIpc) is 3.24. The molecular weight excluding hydrogens is 306 g/mol. The number of hydrogen-bond donors (Lipinski definition) is 1. The number of ether oxygens (including phenoxy) is 1. The summed E-state index contributed by atoms with van der Waals surface area (Å²) in [6.45, 7) is 1.72. The second-order valence-corrected chi connectivity index (χ2v) is 6.06. The molecule has 0 atom stereocenters. The van der Waals surface area contributed by atoms with E-state index in [1.165, 1.54) is 0 Å². The van der Waals surface area contributed by atoms with Gasteiger partial charge in [-0.25, -0.2) is 9.48 Å². The minimum atomic E-state index is -0.500. The number of aryl methyl sites for hydroxylation is 1. The third-order valence-electron chi connectivity index (χ3n) is 4.23. The van der Waals surface area contributed by atoms with Gasteiger partial charge in [-0.3, -0.25) is 4.79 Å². The normalized spacial score (nSPS) is 14.5. The molecule has 0 saturated heterocycles. The summed E-state index contributed by atoms with van der Waals surface area (Å²) in [5, 5.41) is 7.11.